The second-order valence-corrected chi connectivity index (χ2v) is 6.02. The summed E-state index contributed by atoms with van der Waals surface area (Å²) in [5, 5.41) is 0. The highest BCUT2D eigenvalue weighted by atomic mass is 79.9. The van der Waals surface area contributed by atoms with Crippen LogP contribution in [-0.2, 0) is 6.61 Å². The molecule has 1 heterocycles. The van der Waals surface area contributed by atoms with E-state index in [0.717, 1.165) is 20.7 Å². The molecule has 100 valence electrons. The molecule has 0 fully saturated rings. The molecule has 0 aliphatic rings. The third-order valence-electron chi connectivity index (χ3n) is 2.54. The molecule has 0 atom stereocenters. The standard InChI is InChI=1S/C13H13BrN2O2S/c1-8-2-3-9(14)6-11(8)18-7-10-4-5-12(19-10)13(17)16-15/h2-6H,7,15H2,1H3,(H,16,17). The average Bonchev–Trinajstić information content (AvgIpc) is 2.88. The molecule has 0 bridgehead atoms. The van der Waals surface area contributed by atoms with Crippen LogP contribution in [0.15, 0.2) is 34.8 Å². The molecule has 2 rings (SSSR count). The molecule has 6 heteroatoms. The first-order valence-electron chi connectivity index (χ1n) is 5.59. The second kappa shape index (κ2) is 6.18. The van der Waals surface area contributed by atoms with Gasteiger partial charge in [0.1, 0.15) is 12.4 Å². The lowest BCUT2D eigenvalue weighted by Gasteiger charge is -2.08. The van der Waals surface area contributed by atoms with E-state index >= 15 is 0 Å². The Hall–Kier alpha value is -1.37. The first-order chi connectivity index (χ1) is 9.10. The van der Waals surface area contributed by atoms with Crippen LogP contribution < -0.4 is 16.0 Å². The van der Waals surface area contributed by atoms with E-state index in [-0.39, 0.29) is 5.91 Å². The summed E-state index contributed by atoms with van der Waals surface area (Å²) in [5.74, 6) is 5.63. The van der Waals surface area contributed by atoms with E-state index < -0.39 is 0 Å². The van der Waals surface area contributed by atoms with Gasteiger partial charge in [-0.25, -0.2) is 5.84 Å². The van der Waals surface area contributed by atoms with E-state index in [1.165, 1.54) is 11.3 Å². The Bertz CT molecular complexity index is 598. The van der Waals surface area contributed by atoms with E-state index in [1.54, 1.807) is 6.07 Å². The molecule has 0 aliphatic carbocycles. The number of amides is 1. The number of ether oxygens (including phenoxy) is 1. The van der Waals surface area contributed by atoms with Gasteiger partial charge < -0.3 is 4.74 Å². The number of thiophene rings is 1. The van der Waals surface area contributed by atoms with E-state index in [0.29, 0.717) is 11.5 Å². The average molecular weight is 341 g/mol. The normalized spacial score (nSPS) is 10.3. The van der Waals surface area contributed by atoms with Crippen LogP contribution in [-0.4, -0.2) is 5.91 Å². The Morgan fingerprint density at radius 2 is 2.21 bits per heavy atom. The van der Waals surface area contributed by atoms with Gasteiger partial charge in [-0.2, -0.15) is 0 Å². The topological polar surface area (TPSA) is 64.3 Å². The minimum Gasteiger partial charge on any atom is -0.488 e. The number of nitrogens with two attached hydrogens (primary N) is 1. The zero-order chi connectivity index (χ0) is 13.8. The molecule has 0 saturated heterocycles. The molecule has 3 N–H and O–H groups in total. The number of carbonyl (C=O) groups is 1. The van der Waals surface area contributed by atoms with Crippen molar-refractivity contribution >= 4 is 33.2 Å². The lowest BCUT2D eigenvalue weighted by Crippen LogP contribution is -2.29. The number of nitrogens with one attached hydrogen (secondary N) is 1. The van der Waals surface area contributed by atoms with Gasteiger partial charge in [-0.15, -0.1) is 11.3 Å². The molecule has 1 aromatic heterocycles. The first kappa shape index (κ1) is 14.0. The molecule has 0 spiro atoms. The second-order valence-electron chi connectivity index (χ2n) is 3.94. The number of halogens is 1. The fourth-order valence-corrected chi connectivity index (χ4v) is 2.69. The fraction of sp³-hybridized carbons (Fsp3) is 0.154. The zero-order valence-electron chi connectivity index (χ0n) is 10.3. The minimum absolute atomic E-state index is 0.283. The summed E-state index contributed by atoms with van der Waals surface area (Å²) >= 11 is 4.78. The van der Waals surface area contributed by atoms with Crippen molar-refractivity contribution in [2.75, 3.05) is 0 Å². The van der Waals surface area contributed by atoms with Crippen molar-refractivity contribution in [3.8, 4) is 5.75 Å². The van der Waals surface area contributed by atoms with Gasteiger partial charge in [-0.1, -0.05) is 22.0 Å². The van der Waals surface area contributed by atoms with Crippen molar-refractivity contribution in [3.05, 3.63) is 50.1 Å². The van der Waals surface area contributed by atoms with Crippen LogP contribution in [0.2, 0.25) is 0 Å². The maximum atomic E-state index is 11.3. The van der Waals surface area contributed by atoms with E-state index in [1.807, 2.05) is 31.2 Å². The van der Waals surface area contributed by atoms with Crippen LogP contribution in [0.1, 0.15) is 20.1 Å². The molecule has 1 amide bonds. The SMILES string of the molecule is Cc1ccc(Br)cc1OCc1ccc(C(=O)NN)s1. The maximum absolute atomic E-state index is 11.3. The summed E-state index contributed by atoms with van der Waals surface area (Å²) in [6.07, 6.45) is 0. The number of hydrogen-bond acceptors (Lipinski definition) is 4. The monoisotopic (exact) mass is 340 g/mol. The number of nitrogen functional groups attached to an aromatic ring is 1. The molecule has 19 heavy (non-hydrogen) atoms. The molecule has 2 aromatic rings. The third-order valence-corrected chi connectivity index (χ3v) is 4.09. The number of rotatable bonds is 4. The van der Waals surface area contributed by atoms with Crippen LogP contribution in [0, 0.1) is 6.92 Å². The van der Waals surface area contributed by atoms with Gasteiger partial charge in [-0.3, -0.25) is 10.2 Å². The van der Waals surface area contributed by atoms with Crippen LogP contribution in [0.25, 0.3) is 0 Å². The molecule has 0 aliphatic heterocycles. The summed E-state index contributed by atoms with van der Waals surface area (Å²) in [5.41, 5.74) is 3.18. The number of carbonyl (C=O) groups excluding carboxylic acids is 1. The van der Waals surface area contributed by atoms with Crippen LogP contribution >= 0.6 is 27.3 Å². The van der Waals surface area contributed by atoms with E-state index in [9.17, 15) is 4.79 Å². The molecule has 4 nitrogen and oxygen atoms in total. The van der Waals surface area contributed by atoms with E-state index in [2.05, 4.69) is 21.4 Å². The smallest absolute Gasteiger partial charge is 0.275 e. The highest BCUT2D eigenvalue weighted by Crippen LogP contribution is 2.25. The quantitative estimate of drug-likeness (QED) is 0.510. The van der Waals surface area contributed by atoms with Crippen LogP contribution in [0.4, 0.5) is 0 Å². The van der Waals surface area contributed by atoms with Crippen LogP contribution in [0.3, 0.4) is 0 Å². The van der Waals surface area contributed by atoms with Crippen molar-refractivity contribution in [3.63, 3.8) is 0 Å². The maximum Gasteiger partial charge on any atom is 0.275 e. The van der Waals surface area contributed by atoms with Gasteiger partial charge in [0.05, 0.1) is 4.88 Å². The molecule has 0 radical (unpaired) electrons. The van der Waals surface area contributed by atoms with Gasteiger partial charge in [0.2, 0.25) is 0 Å². The molecule has 0 saturated carbocycles. The zero-order valence-corrected chi connectivity index (χ0v) is 12.7. The predicted octanol–water partition coefficient (Wildman–Crippen LogP) is 3.00. The van der Waals surface area contributed by atoms with Gasteiger partial charge >= 0.3 is 0 Å². The summed E-state index contributed by atoms with van der Waals surface area (Å²) < 4.78 is 6.72. The minimum atomic E-state index is -0.283. The summed E-state index contributed by atoms with van der Waals surface area (Å²) in [6.45, 7) is 2.42. The van der Waals surface area contributed by atoms with Gasteiger partial charge in [0, 0.05) is 9.35 Å². The van der Waals surface area contributed by atoms with Gasteiger partial charge in [0.25, 0.3) is 5.91 Å². The van der Waals surface area contributed by atoms with Gasteiger partial charge in [0.15, 0.2) is 0 Å². The van der Waals surface area contributed by atoms with Crippen molar-refractivity contribution in [2.24, 2.45) is 5.84 Å². The highest BCUT2D eigenvalue weighted by molar-refractivity contribution is 9.10. The van der Waals surface area contributed by atoms with Crippen molar-refractivity contribution in [2.45, 2.75) is 13.5 Å². The summed E-state index contributed by atoms with van der Waals surface area (Å²) in [6, 6.07) is 9.48. The molecule has 0 unspecified atom stereocenters. The Kier molecular flexibility index (Phi) is 4.57. The molecule has 1 aromatic carbocycles. The highest BCUT2D eigenvalue weighted by Gasteiger charge is 2.08. The first-order valence-corrected chi connectivity index (χ1v) is 7.19. The number of hydrazine groups is 1. The Morgan fingerprint density at radius 3 is 2.95 bits per heavy atom. The molecular formula is C13H13BrN2O2S. The van der Waals surface area contributed by atoms with Crippen molar-refractivity contribution < 1.29 is 9.53 Å². The number of hydrogen-bond donors (Lipinski definition) is 2. The fourth-order valence-electron chi connectivity index (χ4n) is 1.53. The van der Waals surface area contributed by atoms with Crippen LogP contribution in [0.5, 0.6) is 5.75 Å². The largest absolute Gasteiger partial charge is 0.488 e. The predicted molar refractivity (Wildman–Crippen MR) is 79.2 cm³/mol. The molecular weight excluding hydrogens is 328 g/mol. The van der Waals surface area contributed by atoms with E-state index in [4.69, 9.17) is 10.6 Å². The lowest BCUT2D eigenvalue weighted by atomic mass is 10.2. The summed E-state index contributed by atoms with van der Waals surface area (Å²) in [7, 11) is 0. The van der Waals surface area contributed by atoms with Crippen molar-refractivity contribution in [1.29, 1.82) is 0 Å². The Labute approximate surface area is 123 Å². The number of aryl methyl sites for hydroxylation is 1. The summed E-state index contributed by atoms with van der Waals surface area (Å²) in [4.78, 5) is 12.9. The lowest BCUT2D eigenvalue weighted by molar-refractivity contribution is 0.0957. The number of benzene rings is 1. The van der Waals surface area contributed by atoms with Crippen molar-refractivity contribution in [1.82, 2.24) is 5.43 Å². The Morgan fingerprint density at radius 1 is 1.42 bits per heavy atom. The third kappa shape index (κ3) is 3.56. The Balaban J connectivity index is 2.04. The van der Waals surface area contributed by atoms with Gasteiger partial charge in [-0.05, 0) is 36.8 Å².